The molecule has 2 aliphatic rings. The normalized spacial score (nSPS) is 30.8. The van der Waals surface area contributed by atoms with Crippen LogP contribution in [0.25, 0.3) is 0 Å². The Morgan fingerprint density at radius 2 is 1.94 bits per heavy atom. The van der Waals surface area contributed by atoms with Crippen molar-refractivity contribution in [1.29, 1.82) is 0 Å². The Morgan fingerprint density at radius 3 is 2.50 bits per heavy atom. The van der Waals surface area contributed by atoms with Gasteiger partial charge in [0.2, 0.25) is 0 Å². The van der Waals surface area contributed by atoms with Gasteiger partial charge in [0.25, 0.3) is 0 Å². The standard InChI is InChI=1S/C14H26N2OS/c1-4-17-12-9-11(14(12,2)3)16-13(18)15-10-7-5-6-8-10/h10-12H,4-9H2,1-3H3,(H2,15,16,18). The van der Waals surface area contributed by atoms with Crippen LogP contribution >= 0.6 is 12.2 Å². The maximum atomic E-state index is 5.73. The van der Waals surface area contributed by atoms with Crippen LogP contribution in [0.3, 0.4) is 0 Å². The number of ether oxygens (including phenoxy) is 1. The van der Waals surface area contributed by atoms with Crippen molar-refractivity contribution in [2.45, 2.75) is 71.1 Å². The first-order valence-corrected chi connectivity index (χ1v) is 7.63. The van der Waals surface area contributed by atoms with Crippen molar-refractivity contribution in [3.63, 3.8) is 0 Å². The molecular weight excluding hydrogens is 244 g/mol. The molecule has 104 valence electrons. The number of hydrogen-bond donors (Lipinski definition) is 2. The summed E-state index contributed by atoms with van der Waals surface area (Å²) in [5.74, 6) is 0. The first kappa shape index (κ1) is 14.1. The molecule has 0 radical (unpaired) electrons. The maximum Gasteiger partial charge on any atom is 0.166 e. The van der Waals surface area contributed by atoms with E-state index in [1.807, 2.05) is 0 Å². The number of thiocarbonyl (C=S) groups is 1. The van der Waals surface area contributed by atoms with Gasteiger partial charge in [-0.05, 0) is 38.4 Å². The molecule has 2 atom stereocenters. The molecule has 0 bridgehead atoms. The quantitative estimate of drug-likeness (QED) is 0.769. The fraction of sp³-hybridized carbons (Fsp3) is 0.929. The predicted octanol–water partition coefficient (Wildman–Crippen LogP) is 2.60. The van der Waals surface area contributed by atoms with Gasteiger partial charge in [-0.2, -0.15) is 0 Å². The fourth-order valence-corrected chi connectivity index (χ4v) is 3.38. The van der Waals surface area contributed by atoms with E-state index in [2.05, 4.69) is 31.4 Å². The molecule has 0 aliphatic heterocycles. The molecule has 2 rings (SSSR count). The highest BCUT2D eigenvalue weighted by atomic mass is 32.1. The topological polar surface area (TPSA) is 33.3 Å². The summed E-state index contributed by atoms with van der Waals surface area (Å²) in [7, 11) is 0. The summed E-state index contributed by atoms with van der Waals surface area (Å²) in [6, 6.07) is 1.03. The van der Waals surface area contributed by atoms with Gasteiger partial charge in [0.1, 0.15) is 0 Å². The summed E-state index contributed by atoms with van der Waals surface area (Å²) in [6.45, 7) is 7.37. The van der Waals surface area contributed by atoms with Crippen LogP contribution in [0.5, 0.6) is 0 Å². The molecule has 0 spiro atoms. The second-order valence-corrected chi connectivity index (χ2v) is 6.56. The molecular formula is C14H26N2OS. The molecule has 0 heterocycles. The van der Waals surface area contributed by atoms with E-state index in [0.717, 1.165) is 18.1 Å². The van der Waals surface area contributed by atoms with E-state index >= 15 is 0 Å². The van der Waals surface area contributed by atoms with Crippen molar-refractivity contribution in [3.8, 4) is 0 Å². The Labute approximate surface area is 116 Å². The monoisotopic (exact) mass is 270 g/mol. The Balaban J connectivity index is 1.75. The van der Waals surface area contributed by atoms with Crippen LogP contribution < -0.4 is 10.6 Å². The molecule has 2 aliphatic carbocycles. The van der Waals surface area contributed by atoms with E-state index < -0.39 is 0 Å². The highest BCUT2D eigenvalue weighted by molar-refractivity contribution is 7.80. The van der Waals surface area contributed by atoms with Crippen LogP contribution in [0, 0.1) is 5.41 Å². The molecule has 0 amide bonds. The van der Waals surface area contributed by atoms with Crippen molar-refractivity contribution in [3.05, 3.63) is 0 Å². The van der Waals surface area contributed by atoms with E-state index in [0.29, 0.717) is 18.2 Å². The van der Waals surface area contributed by atoms with E-state index in [4.69, 9.17) is 17.0 Å². The Hall–Kier alpha value is -0.350. The van der Waals surface area contributed by atoms with Crippen LogP contribution in [0.1, 0.15) is 52.9 Å². The lowest BCUT2D eigenvalue weighted by molar-refractivity contribution is -0.109. The number of nitrogens with one attached hydrogen (secondary N) is 2. The van der Waals surface area contributed by atoms with E-state index in [1.165, 1.54) is 25.7 Å². The Morgan fingerprint density at radius 1 is 1.28 bits per heavy atom. The molecule has 3 nitrogen and oxygen atoms in total. The minimum absolute atomic E-state index is 0.178. The SMILES string of the molecule is CCOC1CC(NC(=S)NC2CCCC2)C1(C)C. The second-order valence-electron chi connectivity index (χ2n) is 6.15. The lowest BCUT2D eigenvalue weighted by Gasteiger charge is -2.52. The third-order valence-corrected chi connectivity index (χ3v) is 4.78. The van der Waals surface area contributed by atoms with Gasteiger partial charge < -0.3 is 15.4 Å². The van der Waals surface area contributed by atoms with Crippen LogP contribution in [-0.2, 0) is 4.74 Å². The molecule has 4 heteroatoms. The third kappa shape index (κ3) is 2.97. The molecule has 0 aromatic heterocycles. The first-order valence-electron chi connectivity index (χ1n) is 7.22. The maximum absolute atomic E-state index is 5.73. The van der Waals surface area contributed by atoms with Crippen molar-refractivity contribution >= 4 is 17.3 Å². The minimum atomic E-state index is 0.178. The zero-order chi connectivity index (χ0) is 13.2. The second kappa shape index (κ2) is 5.74. The van der Waals surface area contributed by atoms with Crippen molar-refractivity contribution in [2.24, 2.45) is 5.41 Å². The molecule has 0 aromatic carbocycles. The molecule has 2 N–H and O–H groups in total. The van der Waals surface area contributed by atoms with Crippen LogP contribution in [-0.4, -0.2) is 29.9 Å². The van der Waals surface area contributed by atoms with Crippen molar-refractivity contribution in [1.82, 2.24) is 10.6 Å². The molecule has 2 saturated carbocycles. The average Bonchev–Trinajstić information content (AvgIpc) is 2.80. The largest absolute Gasteiger partial charge is 0.378 e. The average molecular weight is 270 g/mol. The molecule has 18 heavy (non-hydrogen) atoms. The minimum Gasteiger partial charge on any atom is -0.378 e. The van der Waals surface area contributed by atoms with Gasteiger partial charge in [-0.15, -0.1) is 0 Å². The third-order valence-electron chi connectivity index (χ3n) is 4.54. The summed E-state index contributed by atoms with van der Waals surface area (Å²) in [5.41, 5.74) is 0.178. The molecule has 0 aromatic rings. The summed E-state index contributed by atoms with van der Waals surface area (Å²) in [5, 5.41) is 7.73. The summed E-state index contributed by atoms with van der Waals surface area (Å²) in [6.07, 6.45) is 6.63. The molecule has 0 saturated heterocycles. The fourth-order valence-electron chi connectivity index (χ4n) is 3.07. The highest BCUT2D eigenvalue weighted by Crippen LogP contribution is 2.42. The highest BCUT2D eigenvalue weighted by Gasteiger charge is 2.49. The number of hydrogen-bond acceptors (Lipinski definition) is 2. The molecule has 2 fully saturated rings. The summed E-state index contributed by atoms with van der Waals surface area (Å²) < 4.78 is 5.73. The van der Waals surface area contributed by atoms with Crippen molar-refractivity contribution < 1.29 is 4.74 Å². The number of rotatable bonds is 4. The zero-order valence-corrected chi connectivity index (χ0v) is 12.6. The Bertz CT molecular complexity index is 300. The van der Waals surface area contributed by atoms with Gasteiger partial charge in [0.05, 0.1) is 6.10 Å². The lowest BCUT2D eigenvalue weighted by Crippen LogP contribution is -2.63. The van der Waals surface area contributed by atoms with Crippen LogP contribution in [0.15, 0.2) is 0 Å². The van der Waals surface area contributed by atoms with Crippen molar-refractivity contribution in [2.75, 3.05) is 6.61 Å². The predicted molar refractivity (Wildman–Crippen MR) is 78.7 cm³/mol. The van der Waals surface area contributed by atoms with Crippen LogP contribution in [0.2, 0.25) is 0 Å². The van der Waals surface area contributed by atoms with Gasteiger partial charge >= 0.3 is 0 Å². The lowest BCUT2D eigenvalue weighted by atomic mass is 9.64. The van der Waals surface area contributed by atoms with Gasteiger partial charge in [-0.3, -0.25) is 0 Å². The van der Waals surface area contributed by atoms with Gasteiger partial charge in [-0.25, -0.2) is 0 Å². The first-order chi connectivity index (χ1) is 8.54. The van der Waals surface area contributed by atoms with E-state index in [9.17, 15) is 0 Å². The van der Waals surface area contributed by atoms with Gasteiger partial charge in [-0.1, -0.05) is 26.7 Å². The van der Waals surface area contributed by atoms with Gasteiger partial charge in [0.15, 0.2) is 5.11 Å². The summed E-state index contributed by atoms with van der Waals surface area (Å²) >= 11 is 5.41. The zero-order valence-electron chi connectivity index (χ0n) is 11.8. The van der Waals surface area contributed by atoms with Gasteiger partial charge in [0, 0.05) is 24.1 Å². The summed E-state index contributed by atoms with van der Waals surface area (Å²) in [4.78, 5) is 0. The Kier molecular flexibility index (Phi) is 4.49. The van der Waals surface area contributed by atoms with E-state index in [-0.39, 0.29) is 5.41 Å². The van der Waals surface area contributed by atoms with E-state index in [1.54, 1.807) is 0 Å². The molecule has 2 unspecified atom stereocenters. The van der Waals surface area contributed by atoms with Crippen LogP contribution in [0.4, 0.5) is 0 Å². The smallest absolute Gasteiger partial charge is 0.166 e.